The van der Waals surface area contributed by atoms with Gasteiger partial charge in [-0.1, -0.05) is 6.07 Å². The highest BCUT2D eigenvalue weighted by atomic mass is 19.4. The van der Waals surface area contributed by atoms with E-state index in [0.29, 0.717) is 18.2 Å². The van der Waals surface area contributed by atoms with Crippen LogP contribution in [0.1, 0.15) is 21.5 Å². The zero-order valence-electron chi connectivity index (χ0n) is 9.80. The first-order chi connectivity index (χ1) is 8.82. The van der Waals surface area contributed by atoms with Crippen molar-refractivity contribution in [2.45, 2.75) is 24.9 Å². The quantitative estimate of drug-likeness (QED) is 0.826. The Bertz CT molecular complexity index is 518. The zero-order chi connectivity index (χ0) is 15.9. The fraction of sp³-hybridized carbons (Fsp3) is 0.364. The largest absolute Gasteiger partial charge is 0.478 e. The summed E-state index contributed by atoms with van der Waals surface area (Å²) < 4.78 is 75.8. The molecule has 2 N–H and O–H groups in total. The van der Waals surface area contributed by atoms with Gasteiger partial charge in [0.25, 0.3) is 5.60 Å². The molecule has 0 spiro atoms. The summed E-state index contributed by atoms with van der Waals surface area (Å²) in [5.41, 5.74) is -7.64. The number of carboxylic acid groups (broad SMARTS) is 1. The summed E-state index contributed by atoms with van der Waals surface area (Å²) in [7, 11) is 0. The molecule has 0 fully saturated rings. The topological polar surface area (TPSA) is 57.5 Å². The Morgan fingerprint density at radius 1 is 1.05 bits per heavy atom. The third-order valence-electron chi connectivity index (χ3n) is 2.68. The Labute approximate surface area is 108 Å². The van der Waals surface area contributed by atoms with E-state index in [1.807, 2.05) is 0 Å². The van der Waals surface area contributed by atoms with Gasteiger partial charge in [0.05, 0.1) is 5.56 Å². The smallest absolute Gasteiger partial charge is 0.430 e. The van der Waals surface area contributed by atoms with E-state index >= 15 is 0 Å². The summed E-state index contributed by atoms with van der Waals surface area (Å²) in [6.07, 6.45) is -12.0. The second-order valence-corrected chi connectivity index (χ2v) is 4.04. The van der Waals surface area contributed by atoms with Gasteiger partial charge in [0.15, 0.2) is 0 Å². The molecule has 20 heavy (non-hydrogen) atoms. The number of carbonyl (C=O) groups is 1. The number of alkyl halides is 6. The molecule has 0 radical (unpaired) electrons. The Kier molecular flexibility index (Phi) is 3.79. The first kappa shape index (κ1) is 16.3. The fourth-order valence-corrected chi connectivity index (χ4v) is 1.67. The van der Waals surface area contributed by atoms with Gasteiger partial charge in [-0.3, -0.25) is 0 Å². The van der Waals surface area contributed by atoms with Gasteiger partial charge >= 0.3 is 18.3 Å². The Morgan fingerprint density at radius 2 is 1.50 bits per heavy atom. The maximum atomic E-state index is 12.6. The average molecular weight is 302 g/mol. The predicted octanol–water partition coefficient (Wildman–Crippen LogP) is 3.01. The molecule has 0 aromatic heterocycles. The molecule has 112 valence electrons. The van der Waals surface area contributed by atoms with Crippen LogP contribution in [0.5, 0.6) is 0 Å². The molecular formula is C11H8F6O3. The predicted molar refractivity (Wildman–Crippen MR) is 54.1 cm³/mol. The minimum Gasteiger partial charge on any atom is -0.478 e. The number of aryl methyl sites for hydroxylation is 1. The van der Waals surface area contributed by atoms with Gasteiger partial charge in [-0.15, -0.1) is 0 Å². The van der Waals surface area contributed by atoms with E-state index in [4.69, 9.17) is 10.2 Å². The van der Waals surface area contributed by atoms with E-state index in [0.717, 1.165) is 6.92 Å². The standard InChI is InChI=1S/C11H8F6O3/c1-5-4-6(8(18)19)2-3-7(5)9(20,10(12,13)14)11(15,16)17/h2-4,20H,1H3,(H,18,19). The third kappa shape index (κ3) is 2.45. The molecule has 0 aliphatic rings. The molecule has 0 atom stereocenters. The summed E-state index contributed by atoms with van der Waals surface area (Å²) in [6.45, 7) is 0.851. The first-order valence-electron chi connectivity index (χ1n) is 5.02. The maximum Gasteiger partial charge on any atom is 0.430 e. The van der Waals surface area contributed by atoms with Crippen LogP contribution in [0.15, 0.2) is 18.2 Å². The van der Waals surface area contributed by atoms with Crippen LogP contribution in [0.3, 0.4) is 0 Å². The van der Waals surface area contributed by atoms with E-state index in [2.05, 4.69) is 0 Å². The molecule has 3 nitrogen and oxygen atoms in total. The molecular weight excluding hydrogens is 294 g/mol. The maximum absolute atomic E-state index is 12.6. The van der Waals surface area contributed by atoms with E-state index in [-0.39, 0.29) is 0 Å². The molecule has 0 unspecified atom stereocenters. The normalized spacial score (nSPS) is 13.4. The van der Waals surface area contributed by atoms with Gasteiger partial charge in [-0.25, -0.2) is 4.79 Å². The van der Waals surface area contributed by atoms with Crippen molar-refractivity contribution in [3.8, 4) is 0 Å². The van der Waals surface area contributed by atoms with Crippen LogP contribution in [0.25, 0.3) is 0 Å². The molecule has 0 amide bonds. The second-order valence-electron chi connectivity index (χ2n) is 4.04. The van der Waals surface area contributed by atoms with Gasteiger partial charge in [0.1, 0.15) is 0 Å². The van der Waals surface area contributed by atoms with Crippen LogP contribution in [0.4, 0.5) is 26.3 Å². The highest BCUT2D eigenvalue weighted by Crippen LogP contribution is 2.50. The zero-order valence-corrected chi connectivity index (χ0v) is 9.80. The van der Waals surface area contributed by atoms with Crippen LogP contribution < -0.4 is 0 Å². The van der Waals surface area contributed by atoms with Crippen molar-refractivity contribution < 1.29 is 41.4 Å². The van der Waals surface area contributed by atoms with Crippen LogP contribution in [0, 0.1) is 6.92 Å². The number of aliphatic hydroxyl groups is 1. The molecule has 1 aromatic carbocycles. The van der Waals surface area contributed by atoms with Crippen LogP contribution in [-0.2, 0) is 5.60 Å². The summed E-state index contributed by atoms with van der Waals surface area (Å²) in [6, 6.07) is 1.49. The van der Waals surface area contributed by atoms with Crippen molar-refractivity contribution in [3.05, 3.63) is 34.9 Å². The van der Waals surface area contributed by atoms with E-state index in [9.17, 15) is 31.1 Å². The summed E-state index contributed by atoms with van der Waals surface area (Å²) in [5.74, 6) is -1.51. The van der Waals surface area contributed by atoms with Crippen LogP contribution in [-0.4, -0.2) is 28.5 Å². The number of rotatable bonds is 2. The lowest BCUT2D eigenvalue weighted by molar-refractivity contribution is -0.376. The number of benzene rings is 1. The number of carboxylic acids is 1. The lowest BCUT2D eigenvalue weighted by Gasteiger charge is -2.33. The van der Waals surface area contributed by atoms with E-state index in [1.54, 1.807) is 0 Å². The summed E-state index contributed by atoms with van der Waals surface area (Å²) in [5, 5.41) is 17.8. The number of hydrogen-bond donors (Lipinski definition) is 2. The van der Waals surface area contributed by atoms with Crippen LogP contribution in [0.2, 0.25) is 0 Å². The third-order valence-corrected chi connectivity index (χ3v) is 2.68. The summed E-state index contributed by atoms with van der Waals surface area (Å²) >= 11 is 0. The Hall–Kier alpha value is -1.77. The lowest BCUT2D eigenvalue weighted by atomic mass is 9.88. The first-order valence-corrected chi connectivity index (χ1v) is 5.02. The SMILES string of the molecule is Cc1cc(C(=O)O)ccc1C(O)(C(F)(F)F)C(F)(F)F. The van der Waals surface area contributed by atoms with Gasteiger partial charge in [-0.2, -0.15) is 26.3 Å². The average Bonchev–Trinajstić information content (AvgIpc) is 2.24. The van der Waals surface area contributed by atoms with Crippen molar-refractivity contribution in [3.63, 3.8) is 0 Å². The van der Waals surface area contributed by atoms with Crippen molar-refractivity contribution in [1.29, 1.82) is 0 Å². The van der Waals surface area contributed by atoms with E-state index < -0.39 is 40.6 Å². The minimum atomic E-state index is -6.00. The van der Waals surface area contributed by atoms with Gasteiger partial charge < -0.3 is 10.2 Å². The van der Waals surface area contributed by atoms with Crippen molar-refractivity contribution in [1.82, 2.24) is 0 Å². The molecule has 1 aromatic rings. The Morgan fingerprint density at radius 3 is 1.80 bits per heavy atom. The molecule has 0 aliphatic heterocycles. The van der Waals surface area contributed by atoms with Crippen LogP contribution >= 0.6 is 0 Å². The second kappa shape index (κ2) is 4.65. The number of hydrogen-bond acceptors (Lipinski definition) is 2. The molecule has 0 heterocycles. The van der Waals surface area contributed by atoms with Crippen molar-refractivity contribution in [2.24, 2.45) is 0 Å². The highest BCUT2D eigenvalue weighted by Gasteiger charge is 2.71. The molecule has 0 bridgehead atoms. The van der Waals surface area contributed by atoms with Gasteiger partial charge in [-0.05, 0) is 24.6 Å². The Balaban J connectivity index is 3.57. The van der Waals surface area contributed by atoms with Crippen molar-refractivity contribution >= 4 is 5.97 Å². The molecule has 9 heteroatoms. The molecule has 1 rings (SSSR count). The molecule has 0 saturated carbocycles. The summed E-state index contributed by atoms with van der Waals surface area (Å²) in [4.78, 5) is 10.6. The molecule has 0 saturated heterocycles. The lowest BCUT2D eigenvalue weighted by Crippen LogP contribution is -2.54. The number of aromatic carboxylic acids is 1. The minimum absolute atomic E-state index is 0.305. The van der Waals surface area contributed by atoms with E-state index in [1.165, 1.54) is 0 Å². The monoisotopic (exact) mass is 302 g/mol. The van der Waals surface area contributed by atoms with Gasteiger partial charge in [0, 0.05) is 5.56 Å². The fourth-order valence-electron chi connectivity index (χ4n) is 1.67. The highest BCUT2D eigenvalue weighted by molar-refractivity contribution is 5.87. The number of halogens is 6. The van der Waals surface area contributed by atoms with Gasteiger partial charge in [0.2, 0.25) is 0 Å². The van der Waals surface area contributed by atoms with Crippen molar-refractivity contribution in [2.75, 3.05) is 0 Å². The molecule has 0 aliphatic carbocycles.